The number of carboxylic acids is 1. The predicted octanol–water partition coefficient (Wildman–Crippen LogP) is 2.10. The van der Waals surface area contributed by atoms with Crippen LogP contribution in [0.15, 0.2) is 48.5 Å². The number of hydrogen-bond donors (Lipinski definition) is 4. The molecule has 4 rings (SSSR count). The van der Waals surface area contributed by atoms with Gasteiger partial charge in [-0.3, -0.25) is 9.59 Å². The molecular formula is C26H30N2O7. The van der Waals surface area contributed by atoms with E-state index in [-0.39, 0.29) is 19.1 Å². The van der Waals surface area contributed by atoms with Gasteiger partial charge in [0.05, 0.1) is 25.2 Å². The molecule has 1 aliphatic carbocycles. The highest BCUT2D eigenvalue weighted by Crippen LogP contribution is 2.44. The zero-order chi connectivity index (χ0) is 25.0. The third kappa shape index (κ3) is 4.87. The smallest absolute Gasteiger partial charge is 0.407 e. The van der Waals surface area contributed by atoms with Crippen molar-refractivity contribution in [2.45, 2.75) is 43.2 Å². The Balaban J connectivity index is 1.47. The Bertz CT molecular complexity index is 1050. The van der Waals surface area contributed by atoms with Crippen molar-refractivity contribution in [3.63, 3.8) is 0 Å². The van der Waals surface area contributed by atoms with Gasteiger partial charge in [-0.1, -0.05) is 48.5 Å². The molecule has 1 fully saturated rings. The highest BCUT2D eigenvalue weighted by molar-refractivity contribution is 5.90. The molecule has 9 heteroatoms. The number of fused-ring (bicyclic) bond motifs is 3. The van der Waals surface area contributed by atoms with E-state index in [1.54, 1.807) is 0 Å². The Morgan fingerprint density at radius 3 is 2.17 bits per heavy atom. The zero-order valence-corrected chi connectivity index (χ0v) is 19.4. The first kappa shape index (κ1) is 24.7. The summed E-state index contributed by atoms with van der Waals surface area (Å²) in [6, 6.07) is 14.4. The molecule has 0 radical (unpaired) electrons. The number of rotatable bonds is 8. The lowest BCUT2D eigenvalue weighted by Crippen LogP contribution is -2.63. The van der Waals surface area contributed by atoms with Gasteiger partial charge < -0.3 is 30.3 Å². The van der Waals surface area contributed by atoms with Crippen molar-refractivity contribution in [1.29, 1.82) is 0 Å². The van der Waals surface area contributed by atoms with Gasteiger partial charge in [0, 0.05) is 12.5 Å². The fraction of sp³-hybridized carbons (Fsp3) is 0.423. The summed E-state index contributed by atoms with van der Waals surface area (Å²) in [6.07, 6.45) is 0.206. The average molecular weight is 483 g/mol. The average Bonchev–Trinajstić information content (AvgIpc) is 3.20. The highest BCUT2D eigenvalue weighted by atomic mass is 16.5. The SMILES string of the molecule is O=C(O)CC(NC(=O)OCC1c2ccccc2-c2ccccc21)C(=O)N1CCCCC1(CO)CO. The monoisotopic (exact) mass is 482 g/mol. The van der Waals surface area contributed by atoms with E-state index < -0.39 is 49.2 Å². The van der Waals surface area contributed by atoms with Gasteiger partial charge in [0.25, 0.3) is 0 Å². The van der Waals surface area contributed by atoms with Crippen LogP contribution in [-0.2, 0) is 14.3 Å². The Morgan fingerprint density at radius 2 is 1.60 bits per heavy atom. The van der Waals surface area contributed by atoms with Crippen molar-refractivity contribution in [2.24, 2.45) is 0 Å². The summed E-state index contributed by atoms with van der Waals surface area (Å²) in [5, 5.41) is 31.5. The summed E-state index contributed by atoms with van der Waals surface area (Å²) in [5.41, 5.74) is 3.03. The van der Waals surface area contributed by atoms with Gasteiger partial charge in [-0.2, -0.15) is 0 Å². The molecule has 1 saturated heterocycles. The third-order valence-corrected chi connectivity index (χ3v) is 7.01. The van der Waals surface area contributed by atoms with E-state index in [0.29, 0.717) is 19.3 Å². The summed E-state index contributed by atoms with van der Waals surface area (Å²) < 4.78 is 5.48. The second kappa shape index (κ2) is 10.5. The molecular weight excluding hydrogens is 452 g/mol. The van der Waals surface area contributed by atoms with Crippen molar-refractivity contribution >= 4 is 18.0 Å². The molecule has 1 atom stereocenters. The van der Waals surface area contributed by atoms with Crippen molar-refractivity contribution in [3.05, 3.63) is 59.7 Å². The van der Waals surface area contributed by atoms with Gasteiger partial charge in [0.1, 0.15) is 12.6 Å². The van der Waals surface area contributed by atoms with Gasteiger partial charge in [0.15, 0.2) is 0 Å². The standard InChI is InChI=1S/C26H30N2O7/c29-15-26(16-30)11-5-6-12-28(26)24(33)22(13-23(31)32)27-25(34)35-14-21-19-9-3-1-7-17(19)18-8-2-4-10-20(18)21/h1-4,7-10,21-22,29-30H,5-6,11-16H2,(H,27,34)(H,31,32). The number of aliphatic carboxylic acids is 1. The molecule has 1 heterocycles. The van der Waals surface area contributed by atoms with Crippen molar-refractivity contribution in [1.82, 2.24) is 10.2 Å². The number of hydrogen-bond acceptors (Lipinski definition) is 6. The number of aliphatic hydroxyl groups is 2. The molecule has 0 spiro atoms. The lowest BCUT2D eigenvalue weighted by Gasteiger charge is -2.46. The lowest BCUT2D eigenvalue weighted by atomic mass is 9.87. The van der Waals surface area contributed by atoms with Gasteiger partial charge in [-0.05, 0) is 41.5 Å². The van der Waals surface area contributed by atoms with Crippen LogP contribution in [0.1, 0.15) is 42.7 Å². The number of piperidine rings is 1. The van der Waals surface area contributed by atoms with Crippen LogP contribution in [-0.4, -0.2) is 76.1 Å². The maximum Gasteiger partial charge on any atom is 0.407 e. The van der Waals surface area contributed by atoms with Gasteiger partial charge in [-0.15, -0.1) is 0 Å². The zero-order valence-electron chi connectivity index (χ0n) is 19.4. The number of carbonyl (C=O) groups excluding carboxylic acids is 2. The van der Waals surface area contributed by atoms with E-state index in [4.69, 9.17) is 4.74 Å². The largest absolute Gasteiger partial charge is 0.481 e. The number of benzene rings is 2. The number of carbonyl (C=O) groups is 3. The second-order valence-corrected chi connectivity index (χ2v) is 9.11. The topological polar surface area (TPSA) is 136 Å². The summed E-state index contributed by atoms with van der Waals surface area (Å²) in [5.74, 6) is -2.11. The van der Waals surface area contributed by atoms with Crippen LogP contribution >= 0.6 is 0 Å². The Labute approximate surface area is 203 Å². The maximum atomic E-state index is 13.3. The molecule has 1 unspecified atom stereocenters. The summed E-state index contributed by atoms with van der Waals surface area (Å²) in [6.45, 7) is -0.642. The van der Waals surface area contributed by atoms with Crippen LogP contribution in [0.5, 0.6) is 0 Å². The third-order valence-electron chi connectivity index (χ3n) is 7.01. The number of ether oxygens (including phenoxy) is 1. The Hall–Kier alpha value is -3.43. The van der Waals surface area contributed by atoms with Crippen molar-refractivity contribution in [3.8, 4) is 11.1 Å². The van der Waals surface area contributed by atoms with Crippen LogP contribution in [0.25, 0.3) is 11.1 Å². The number of carboxylic acid groups (broad SMARTS) is 1. The maximum absolute atomic E-state index is 13.3. The second-order valence-electron chi connectivity index (χ2n) is 9.11. The summed E-state index contributed by atoms with van der Waals surface area (Å²) in [7, 11) is 0. The normalized spacial score (nSPS) is 17.3. The first-order valence-electron chi connectivity index (χ1n) is 11.8. The van der Waals surface area contributed by atoms with E-state index in [2.05, 4.69) is 5.32 Å². The first-order chi connectivity index (χ1) is 16.9. The molecule has 35 heavy (non-hydrogen) atoms. The van der Waals surface area contributed by atoms with Crippen LogP contribution in [0.4, 0.5) is 4.79 Å². The van der Waals surface area contributed by atoms with Crippen molar-refractivity contribution in [2.75, 3.05) is 26.4 Å². The van der Waals surface area contributed by atoms with Crippen LogP contribution in [0, 0.1) is 0 Å². The lowest BCUT2D eigenvalue weighted by molar-refractivity contribution is -0.151. The molecule has 2 aliphatic rings. The van der Waals surface area contributed by atoms with E-state index in [1.165, 1.54) is 4.90 Å². The molecule has 9 nitrogen and oxygen atoms in total. The van der Waals surface area contributed by atoms with Crippen LogP contribution in [0.2, 0.25) is 0 Å². The molecule has 1 aliphatic heterocycles. The molecule has 2 aromatic carbocycles. The molecule has 2 amide bonds. The molecule has 4 N–H and O–H groups in total. The molecule has 186 valence electrons. The van der Waals surface area contributed by atoms with Gasteiger partial charge in [-0.25, -0.2) is 4.79 Å². The fourth-order valence-electron chi connectivity index (χ4n) is 5.16. The van der Waals surface area contributed by atoms with Gasteiger partial charge in [0.2, 0.25) is 5.91 Å². The van der Waals surface area contributed by atoms with Crippen molar-refractivity contribution < 1.29 is 34.4 Å². The molecule has 0 aromatic heterocycles. The van der Waals surface area contributed by atoms with E-state index >= 15 is 0 Å². The Kier molecular flexibility index (Phi) is 7.37. The molecule has 2 aromatic rings. The first-order valence-corrected chi connectivity index (χ1v) is 11.8. The number of amides is 2. The van der Waals surface area contributed by atoms with Crippen LogP contribution < -0.4 is 5.32 Å². The number of nitrogens with zero attached hydrogens (tertiary/aromatic N) is 1. The minimum Gasteiger partial charge on any atom is -0.481 e. The summed E-state index contributed by atoms with van der Waals surface area (Å²) >= 11 is 0. The number of nitrogens with one attached hydrogen (secondary N) is 1. The minimum atomic E-state index is -1.39. The van der Waals surface area contributed by atoms with Gasteiger partial charge >= 0.3 is 12.1 Å². The number of aliphatic hydroxyl groups excluding tert-OH is 2. The van der Waals surface area contributed by atoms with Crippen LogP contribution in [0.3, 0.4) is 0 Å². The van der Waals surface area contributed by atoms with E-state index in [9.17, 15) is 29.7 Å². The minimum absolute atomic E-state index is 0.0226. The summed E-state index contributed by atoms with van der Waals surface area (Å²) in [4.78, 5) is 38.7. The number of likely N-dealkylation sites (tertiary alicyclic amines) is 1. The number of alkyl carbamates (subject to hydrolysis) is 1. The quantitative estimate of drug-likeness (QED) is 0.452. The van der Waals surface area contributed by atoms with E-state index in [1.807, 2.05) is 48.5 Å². The van der Waals surface area contributed by atoms with E-state index in [0.717, 1.165) is 22.3 Å². The molecule has 0 bridgehead atoms. The Morgan fingerprint density at radius 1 is 1.00 bits per heavy atom. The molecule has 0 saturated carbocycles. The predicted molar refractivity (Wildman–Crippen MR) is 127 cm³/mol. The fourth-order valence-corrected chi connectivity index (χ4v) is 5.16. The highest BCUT2D eigenvalue weighted by Gasteiger charge is 2.43.